The Morgan fingerprint density at radius 2 is 1.86 bits per heavy atom. The lowest BCUT2D eigenvalue weighted by molar-refractivity contribution is 1.16. The maximum atomic E-state index is 6.01. The summed E-state index contributed by atoms with van der Waals surface area (Å²) in [4.78, 5) is 3.95. The van der Waals surface area contributed by atoms with Gasteiger partial charge in [0.15, 0.2) is 0 Å². The van der Waals surface area contributed by atoms with E-state index in [2.05, 4.69) is 17.1 Å². The molecule has 1 heterocycles. The van der Waals surface area contributed by atoms with E-state index in [-0.39, 0.29) is 0 Å². The fraction of sp³-hybridized carbons (Fsp3) is 0.0833. The SMILES string of the molecule is Clc1cnccc1Cc1ccccc1. The fourth-order valence-corrected chi connectivity index (χ4v) is 1.55. The number of hydrogen-bond donors (Lipinski definition) is 0. The van der Waals surface area contributed by atoms with Gasteiger partial charge in [-0.05, 0) is 23.6 Å². The molecule has 0 fully saturated rings. The van der Waals surface area contributed by atoms with Gasteiger partial charge in [-0.3, -0.25) is 4.98 Å². The van der Waals surface area contributed by atoms with Crippen molar-refractivity contribution < 1.29 is 0 Å². The molecule has 2 aromatic rings. The van der Waals surface area contributed by atoms with Crippen molar-refractivity contribution in [3.05, 3.63) is 64.9 Å². The van der Waals surface area contributed by atoms with E-state index in [0.717, 1.165) is 17.0 Å². The summed E-state index contributed by atoms with van der Waals surface area (Å²) in [5.41, 5.74) is 2.38. The Kier molecular flexibility index (Phi) is 2.80. The lowest BCUT2D eigenvalue weighted by atomic mass is 10.1. The summed E-state index contributed by atoms with van der Waals surface area (Å²) in [6.45, 7) is 0. The van der Waals surface area contributed by atoms with Crippen molar-refractivity contribution >= 4 is 11.6 Å². The third-order valence-corrected chi connectivity index (χ3v) is 2.43. The smallest absolute Gasteiger partial charge is 0.0624 e. The van der Waals surface area contributed by atoms with Crippen LogP contribution in [0.3, 0.4) is 0 Å². The Labute approximate surface area is 88.4 Å². The second-order valence-corrected chi connectivity index (χ2v) is 3.54. The van der Waals surface area contributed by atoms with Crippen LogP contribution >= 0.6 is 11.6 Å². The van der Waals surface area contributed by atoms with Crippen molar-refractivity contribution in [2.24, 2.45) is 0 Å². The molecule has 0 saturated carbocycles. The van der Waals surface area contributed by atoms with Crippen LogP contribution in [-0.2, 0) is 6.42 Å². The maximum absolute atomic E-state index is 6.01. The van der Waals surface area contributed by atoms with Crippen LogP contribution in [0.15, 0.2) is 48.8 Å². The maximum Gasteiger partial charge on any atom is 0.0624 e. The van der Waals surface area contributed by atoms with E-state index >= 15 is 0 Å². The molecule has 14 heavy (non-hydrogen) atoms. The van der Waals surface area contributed by atoms with E-state index in [0.29, 0.717) is 0 Å². The van der Waals surface area contributed by atoms with Crippen LogP contribution in [-0.4, -0.2) is 4.98 Å². The van der Waals surface area contributed by atoms with Gasteiger partial charge in [-0.1, -0.05) is 41.9 Å². The number of nitrogens with zero attached hydrogens (tertiary/aromatic N) is 1. The molecule has 0 radical (unpaired) electrons. The average molecular weight is 204 g/mol. The molecule has 1 aromatic carbocycles. The normalized spacial score (nSPS) is 10.1. The number of halogens is 1. The van der Waals surface area contributed by atoms with Gasteiger partial charge in [0.1, 0.15) is 0 Å². The summed E-state index contributed by atoms with van der Waals surface area (Å²) in [6.07, 6.45) is 4.31. The molecule has 0 amide bonds. The highest BCUT2D eigenvalue weighted by Crippen LogP contribution is 2.17. The number of pyridine rings is 1. The molecule has 0 aliphatic heterocycles. The second-order valence-electron chi connectivity index (χ2n) is 3.13. The third kappa shape index (κ3) is 2.12. The molecule has 0 unspecified atom stereocenters. The quantitative estimate of drug-likeness (QED) is 0.730. The number of benzene rings is 1. The summed E-state index contributed by atoms with van der Waals surface area (Å²) in [6, 6.07) is 12.2. The van der Waals surface area contributed by atoms with Crippen molar-refractivity contribution in [1.29, 1.82) is 0 Å². The Balaban J connectivity index is 2.24. The standard InChI is InChI=1S/C12H10ClN/c13-12-9-14-7-6-11(12)8-10-4-2-1-3-5-10/h1-7,9H,8H2. The minimum atomic E-state index is 0.733. The van der Waals surface area contributed by atoms with Gasteiger partial charge in [0.25, 0.3) is 0 Å². The Morgan fingerprint density at radius 1 is 1.07 bits per heavy atom. The summed E-state index contributed by atoms with van der Waals surface area (Å²) in [5.74, 6) is 0. The van der Waals surface area contributed by atoms with Gasteiger partial charge in [0, 0.05) is 12.4 Å². The molecular formula is C12H10ClN. The van der Waals surface area contributed by atoms with Gasteiger partial charge >= 0.3 is 0 Å². The number of hydrogen-bond acceptors (Lipinski definition) is 1. The average Bonchev–Trinajstić information content (AvgIpc) is 2.23. The molecule has 2 heteroatoms. The zero-order chi connectivity index (χ0) is 9.80. The van der Waals surface area contributed by atoms with Crippen LogP contribution in [0, 0.1) is 0 Å². The summed E-state index contributed by atoms with van der Waals surface area (Å²) < 4.78 is 0. The molecule has 0 bridgehead atoms. The highest BCUT2D eigenvalue weighted by molar-refractivity contribution is 6.31. The molecule has 0 aliphatic rings. The summed E-state index contributed by atoms with van der Waals surface area (Å²) in [5, 5.41) is 0.733. The van der Waals surface area contributed by atoms with E-state index in [1.165, 1.54) is 5.56 Å². The number of aromatic nitrogens is 1. The van der Waals surface area contributed by atoms with E-state index < -0.39 is 0 Å². The van der Waals surface area contributed by atoms with Crippen molar-refractivity contribution in [3.8, 4) is 0 Å². The van der Waals surface area contributed by atoms with Gasteiger partial charge in [-0.2, -0.15) is 0 Å². The largest absolute Gasteiger partial charge is 0.263 e. The van der Waals surface area contributed by atoms with Crippen LogP contribution in [0.1, 0.15) is 11.1 Å². The Bertz CT molecular complexity index is 412. The zero-order valence-electron chi connectivity index (χ0n) is 7.65. The molecule has 70 valence electrons. The molecule has 0 N–H and O–H groups in total. The predicted molar refractivity (Wildman–Crippen MR) is 58.5 cm³/mol. The molecule has 0 aliphatic carbocycles. The molecule has 1 nitrogen and oxygen atoms in total. The fourth-order valence-electron chi connectivity index (χ4n) is 1.36. The molecule has 1 aromatic heterocycles. The van der Waals surface area contributed by atoms with Crippen LogP contribution in [0.5, 0.6) is 0 Å². The van der Waals surface area contributed by atoms with E-state index in [9.17, 15) is 0 Å². The van der Waals surface area contributed by atoms with Crippen molar-refractivity contribution in [1.82, 2.24) is 4.98 Å². The zero-order valence-corrected chi connectivity index (χ0v) is 8.41. The Hall–Kier alpha value is -1.34. The predicted octanol–water partition coefficient (Wildman–Crippen LogP) is 3.33. The van der Waals surface area contributed by atoms with Crippen LogP contribution in [0.4, 0.5) is 0 Å². The van der Waals surface area contributed by atoms with E-state index in [1.54, 1.807) is 12.4 Å². The van der Waals surface area contributed by atoms with Crippen molar-refractivity contribution in [3.63, 3.8) is 0 Å². The molecular weight excluding hydrogens is 194 g/mol. The van der Waals surface area contributed by atoms with Gasteiger partial charge in [0.2, 0.25) is 0 Å². The van der Waals surface area contributed by atoms with Gasteiger partial charge in [-0.15, -0.1) is 0 Å². The van der Waals surface area contributed by atoms with Gasteiger partial charge in [0.05, 0.1) is 5.02 Å². The summed E-state index contributed by atoms with van der Waals surface area (Å²) in [7, 11) is 0. The van der Waals surface area contributed by atoms with Crippen LogP contribution < -0.4 is 0 Å². The minimum Gasteiger partial charge on any atom is -0.263 e. The molecule has 2 rings (SSSR count). The topological polar surface area (TPSA) is 12.9 Å². The second kappa shape index (κ2) is 4.25. The van der Waals surface area contributed by atoms with Crippen LogP contribution in [0.2, 0.25) is 5.02 Å². The lowest BCUT2D eigenvalue weighted by Crippen LogP contribution is -1.89. The monoisotopic (exact) mass is 203 g/mol. The minimum absolute atomic E-state index is 0.733. The van der Waals surface area contributed by atoms with Gasteiger partial charge < -0.3 is 0 Å². The van der Waals surface area contributed by atoms with Crippen molar-refractivity contribution in [2.75, 3.05) is 0 Å². The first kappa shape index (κ1) is 9.22. The first-order valence-corrected chi connectivity index (χ1v) is 4.86. The summed E-state index contributed by atoms with van der Waals surface area (Å²) >= 11 is 6.01. The lowest BCUT2D eigenvalue weighted by Gasteiger charge is -2.02. The van der Waals surface area contributed by atoms with E-state index in [1.807, 2.05) is 24.3 Å². The molecule has 0 atom stereocenters. The first-order chi connectivity index (χ1) is 6.86. The third-order valence-electron chi connectivity index (χ3n) is 2.09. The van der Waals surface area contributed by atoms with Crippen LogP contribution in [0.25, 0.3) is 0 Å². The van der Waals surface area contributed by atoms with E-state index in [4.69, 9.17) is 11.6 Å². The first-order valence-electron chi connectivity index (χ1n) is 4.48. The van der Waals surface area contributed by atoms with Crippen molar-refractivity contribution in [2.45, 2.75) is 6.42 Å². The highest BCUT2D eigenvalue weighted by Gasteiger charge is 1.99. The molecule has 0 saturated heterocycles. The van der Waals surface area contributed by atoms with Gasteiger partial charge in [-0.25, -0.2) is 0 Å². The Morgan fingerprint density at radius 3 is 2.57 bits per heavy atom. The number of rotatable bonds is 2. The highest BCUT2D eigenvalue weighted by atomic mass is 35.5. The molecule has 0 spiro atoms.